The minimum atomic E-state index is -3.73. The van der Waals surface area contributed by atoms with E-state index in [1.54, 1.807) is 0 Å². The molecule has 2 aliphatic heterocycles. The summed E-state index contributed by atoms with van der Waals surface area (Å²) in [6.07, 6.45) is 4.04. The molecule has 0 radical (unpaired) electrons. The van der Waals surface area contributed by atoms with Crippen molar-refractivity contribution in [1.82, 2.24) is 31.1 Å². The molecule has 31 heavy (non-hydrogen) atoms. The Morgan fingerprint density at radius 1 is 1.32 bits per heavy atom. The summed E-state index contributed by atoms with van der Waals surface area (Å²) in [5.74, 6) is -1.47. The number of carbonyl (C=O) groups is 2. The Balaban J connectivity index is 1.72. The summed E-state index contributed by atoms with van der Waals surface area (Å²) in [5.41, 5.74) is 2.97. The highest BCUT2D eigenvalue weighted by Gasteiger charge is 2.30. The molecule has 3 unspecified atom stereocenters. The topological polar surface area (TPSA) is 161 Å². The van der Waals surface area contributed by atoms with E-state index >= 15 is 0 Å². The van der Waals surface area contributed by atoms with Crippen LogP contribution in [-0.4, -0.2) is 93.8 Å². The molecule has 1 amide bonds. The smallest absolute Gasteiger partial charge is 0.323 e. The highest BCUT2D eigenvalue weighted by molar-refractivity contribution is 7.89. The highest BCUT2D eigenvalue weighted by Crippen LogP contribution is 2.16. The van der Waals surface area contributed by atoms with Crippen LogP contribution >= 0.6 is 0 Å². The second-order valence-corrected chi connectivity index (χ2v) is 9.84. The van der Waals surface area contributed by atoms with Gasteiger partial charge in [0.1, 0.15) is 12.3 Å². The van der Waals surface area contributed by atoms with Crippen LogP contribution in [0, 0.1) is 0 Å². The average Bonchev–Trinajstić information content (AvgIpc) is 3.40. The predicted molar refractivity (Wildman–Crippen MR) is 114 cm³/mol. The van der Waals surface area contributed by atoms with Crippen molar-refractivity contribution in [2.45, 2.75) is 63.5 Å². The number of hydroxylamine groups is 1. The molecule has 0 spiro atoms. The van der Waals surface area contributed by atoms with Crippen LogP contribution in [-0.2, 0) is 24.4 Å². The zero-order valence-electron chi connectivity index (χ0n) is 18.0. The first-order valence-electron chi connectivity index (χ1n) is 10.9. The molecule has 12 nitrogen and oxygen atoms in total. The predicted octanol–water partition coefficient (Wildman–Crippen LogP) is -1.87. The van der Waals surface area contributed by atoms with Gasteiger partial charge in [-0.05, 0) is 32.2 Å². The first kappa shape index (κ1) is 25.9. The largest absolute Gasteiger partial charge is 0.480 e. The summed E-state index contributed by atoms with van der Waals surface area (Å²) in [6.45, 7) is 4.52. The minimum absolute atomic E-state index is 0.145. The number of carboxylic acid groups (broad SMARTS) is 1. The lowest BCUT2D eigenvalue weighted by Gasteiger charge is -2.24. The summed E-state index contributed by atoms with van der Waals surface area (Å²) in [4.78, 5) is 29.8. The fraction of sp³-hybridized carbons (Fsp3) is 0.889. The fourth-order valence-corrected chi connectivity index (χ4v) is 4.97. The summed E-state index contributed by atoms with van der Waals surface area (Å²) in [7, 11) is -3.73. The van der Waals surface area contributed by atoms with Gasteiger partial charge in [0, 0.05) is 32.2 Å². The lowest BCUT2D eigenvalue weighted by molar-refractivity contribution is -0.140. The van der Waals surface area contributed by atoms with E-state index in [9.17, 15) is 23.1 Å². The number of carboxylic acids is 1. The molecule has 0 aromatic heterocycles. The molecule has 2 aliphatic rings. The molecule has 3 atom stereocenters. The van der Waals surface area contributed by atoms with Crippen LogP contribution < -0.4 is 26.2 Å². The number of carbonyl (C=O) groups excluding carboxylic acids is 1. The molecule has 0 bridgehead atoms. The molecular weight excluding hydrogens is 428 g/mol. The number of rotatable bonds is 16. The lowest BCUT2D eigenvalue weighted by Crippen LogP contribution is -2.50. The molecule has 2 saturated heterocycles. The van der Waals surface area contributed by atoms with Crippen molar-refractivity contribution in [1.29, 1.82) is 0 Å². The molecule has 180 valence electrons. The maximum absolute atomic E-state index is 12.0. The third kappa shape index (κ3) is 9.76. The molecular formula is C18H36N6O6S. The Morgan fingerprint density at radius 3 is 2.71 bits per heavy atom. The molecule has 2 heterocycles. The van der Waals surface area contributed by atoms with E-state index in [1.807, 2.05) is 6.92 Å². The van der Waals surface area contributed by atoms with Crippen LogP contribution in [0.25, 0.3) is 0 Å². The molecule has 2 fully saturated rings. The third-order valence-electron chi connectivity index (χ3n) is 5.24. The average molecular weight is 465 g/mol. The summed E-state index contributed by atoms with van der Waals surface area (Å²) in [6, 6.07) is -1.26. The Morgan fingerprint density at radius 2 is 2.06 bits per heavy atom. The van der Waals surface area contributed by atoms with Gasteiger partial charge in [-0.25, -0.2) is 8.42 Å². The van der Waals surface area contributed by atoms with E-state index in [2.05, 4.69) is 26.2 Å². The van der Waals surface area contributed by atoms with Crippen molar-refractivity contribution in [2.75, 3.05) is 38.5 Å². The van der Waals surface area contributed by atoms with Crippen molar-refractivity contribution in [2.24, 2.45) is 0 Å². The van der Waals surface area contributed by atoms with Crippen LogP contribution in [0.4, 0.5) is 0 Å². The van der Waals surface area contributed by atoms with E-state index in [0.717, 1.165) is 32.5 Å². The molecule has 0 aliphatic carbocycles. The van der Waals surface area contributed by atoms with Crippen LogP contribution in [0.1, 0.15) is 39.0 Å². The summed E-state index contributed by atoms with van der Waals surface area (Å²) in [5, 5.41) is 19.3. The Kier molecular flexibility index (Phi) is 11.1. The second-order valence-electron chi connectivity index (χ2n) is 7.97. The Hall–Kier alpha value is -1.35. The standard InChI is InChI=1S/C18H36N6O6S/c1-2-3-9-31(28,29)23-16(17(26)27)12-24(13-25)11-15-10-14(22-30-15)5-4-6-19-18-20-7-8-21-18/h13-16,18-23H,2-12H2,1H3,(H,26,27). The zero-order valence-corrected chi connectivity index (χ0v) is 18.8. The number of nitrogens with one attached hydrogen (secondary N) is 5. The maximum atomic E-state index is 12.0. The number of hydrogen-bond donors (Lipinski definition) is 6. The molecule has 2 rings (SSSR count). The van der Waals surface area contributed by atoms with Crippen LogP contribution in [0.3, 0.4) is 0 Å². The van der Waals surface area contributed by atoms with Gasteiger partial charge in [0.15, 0.2) is 0 Å². The lowest BCUT2D eigenvalue weighted by atomic mass is 10.1. The normalized spacial score (nSPS) is 23.1. The van der Waals surface area contributed by atoms with Crippen molar-refractivity contribution >= 4 is 22.4 Å². The van der Waals surface area contributed by atoms with Gasteiger partial charge < -0.3 is 10.0 Å². The number of hydrogen-bond acceptors (Lipinski definition) is 9. The van der Waals surface area contributed by atoms with Gasteiger partial charge in [0.2, 0.25) is 16.4 Å². The number of sulfonamides is 1. The van der Waals surface area contributed by atoms with E-state index in [-0.39, 0.29) is 37.3 Å². The van der Waals surface area contributed by atoms with Crippen molar-refractivity contribution in [3.8, 4) is 0 Å². The fourth-order valence-electron chi connectivity index (χ4n) is 3.57. The number of aliphatic carboxylic acids is 1. The van der Waals surface area contributed by atoms with Crippen LogP contribution in [0.5, 0.6) is 0 Å². The van der Waals surface area contributed by atoms with E-state index in [1.165, 1.54) is 4.90 Å². The molecule has 13 heteroatoms. The number of unbranched alkanes of at least 4 members (excludes halogenated alkanes) is 1. The third-order valence-corrected chi connectivity index (χ3v) is 6.71. The molecule has 0 aromatic rings. The van der Waals surface area contributed by atoms with E-state index in [0.29, 0.717) is 25.7 Å². The first-order valence-corrected chi connectivity index (χ1v) is 12.5. The van der Waals surface area contributed by atoms with Gasteiger partial charge in [0.05, 0.1) is 11.9 Å². The van der Waals surface area contributed by atoms with Gasteiger partial charge in [-0.3, -0.25) is 30.4 Å². The van der Waals surface area contributed by atoms with Crippen molar-refractivity contribution < 1.29 is 28.0 Å². The summed E-state index contributed by atoms with van der Waals surface area (Å²) < 4.78 is 26.3. The zero-order chi connectivity index (χ0) is 22.7. The van der Waals surface area contributed by atoms with Gasteiger partial charge >= 0.3 is 5.97 Å². The van der Waals surface area contributed by atoms with E-state index in [4.69, 9.17) is 4.84 Å². The van der Waals surface area contributed by atoms with Gasteiger partial charge in [-0.15, -0.1) is 0 Å². The van der Waals surface area contributed by atoms with Crippen LogP contribution in [0.15, 0.2) is 0 Å². The van der Waals surface area contributed by atoms with Gasteiger partial charge in [-0.1, -0.05) is 13.3 Å². The SMILES string of the molecule is CCCCS(=O)(=O)NC(CN(C=O)CC1CC(CCCNC2NCCN2)NO1)C(=O)O. The second kappa shape index (κ2) is 13.3. The minimum Gasteiger partial charge on any atom is -0.480 e. The number of amides is 1. The highest BCUT2D eigenvalue weighted by atomic mass is 32.2. The maximum Gasteiger partial charge on any atom is 0.323 e. The van der Waals surface area contributed by atoms with Gasteiger partial charge in [0.25, 0.3) is 0 Å². The molecule has 6 N–H and O–H groups in total. The number of nitrogens with zero attached hydrogens (tertiary/aromatic N) is 1. The van der Waals surface area contributed by atoms with Crippen LogP contribution in [0.2, 0.25) is 0 Å². The Labute approximate surface area is 183 Å². The van der Waals surface area contributed by atoms with E-state index < -0.39 is 22.0 Å². The Bertz CT molecular complexity index is 660. The first-order chi connectivity index (χ1) is 14.8. The monoisotopic (exact) mass is 464 g/mol. The molecule has 0 saturated carbocycles. The quantitative estimate of drug-likeness (QED) is 0.113. The van der Waals surface area contributed by atoms with Crippen molar-refractivity contribution in [3.05, 3.63) is 0 Å². The van der Waals surface area contributed by atoms with Gasteiger partial charge in [-0.2, -0.15) is 10.2 Å². The molecule has 0 aromatic carbocycles. The van der Waals surface area contributed by atoms with Crippen molar-refractivity contribution in [3.63, 3.8) is 0 Å². The summed E-state index contributed by atoms with van der Waals surface area (Å²) >= 11 is 0.